The maximum Gasteiger partial charge on any atom is 0.407 e. The molecule has 0 spiro atoms. The first-order valence-corrected chi connectivity index (χ1v) is 17.2. The van der Waals surface area contributed by atoms with Crippen LogP contribution in [0.4, 0.5) is 4.79 Å². The van der Waals surface area contributed by atoms with Crippen LogP contribution in [0.3, 0.4) is 0 Å². The molecule has 0 saturated carbocycles. The third-order valence-corrected chi connectivity index (χ3v) is 9.93. The van der Waals surface area contributed by atoms with Crippen LogP contribution in [-0.2, 0) is 24.3 Å². The molecule has 2 atom stereocenters. The maximum atomic E-state index is 12.1. The Morgan fingerprint density at radius 1 is 1.08 bits per heavy atom. The summed E-state index contributed by atoms with van der Waals surface area (Å²) >= 11 is 14.2. The number of benzene rings is 2. The van der Waals surface area contributed by atoms with Crippen LogP contribution in [0.25, 0.3) is 33.6 Å². The lowest BCUT2D eigenvalue weighted by atomic mass is 9.93. The maximum absolute atomic E-state index is 12.1. The number of methoxy groups -OCH3 is 2. The number of aromatic nitrogens is 2. The van der Waals surface area contributed by atoms with Crippen molar-refractivity contribution < 1.29 is 29.3 Å². The molecule has 0 radical (unpaired) electrons. The lowest BCUT2D eigenvalue weighted by molar-refractivity contribution is -0.119. The number of nitrogens with one attached hydrogen (secondary N) is 1. The highest BCUT2D eigenvalue weighted by molar-refractivity contribution is 6.39. The van der Waals surface area contributed by atoms with Gasteiger partial charge in [-0.05, 0) is 55.7 Å². The van der Waals surface area contributed by atoms with E-state index < -0.39 is 12.2 Å². The van der Waals surface area contributed by atoms with Gasteiger partial charge >= 0.3 is 6.09 Å². The Kier molecular flexibility index (Phi) is 10.8. The van der Waals surface area contributed by atoms with Gasteiger partial charge in [0.15, 0.2) is 0 Å². The van der Waals surface area contributed by atoms with Crippen molar-refractivity contribution in [2.75, 3.05) is 33.9 Å². The Labute approximate surface area is 300 Å². The molecule has 6 rings (SSSR count). The number of aliphatic hydroxyl groups excluding tert-OH is 1. The van der Waals surface area contributed by atoms with E-state index in [9.17, 15) is 19.8 Å². The summed E-state index contributed by atoms with van der Waals surface area (Å²) in [6, 6.07) is 14.8. The second kappa shape index (κ2) is 15.2. The molecule has 3 N–H and O–H groups in total. The van der Waals surface area contributed by atoms with Gasteiger partial charge in [0.25, 0.3) is 0 Å². The minimum atomic E-state index is -1.10. The lowest BCUT2D eigenvalue weighted by Crippen LogP contribution is -2.41. The predicted molar refractivity (Wildman–Crippen MR) is 192 cm³/mol. The van der Waals surface area contributed by atoms with E-state index in [1.807, 2.05) is 30.3 Å². The smallest absolute Gasteiger partial charge is 0.407 e. The molecule has 1 fully saturated rings. The van der Waals surface area contributed by atoms with Crippen molar-refractivity contribution >= 4 is 35.2 Å². The van der Waals surface area contributed by atoms with Gasteiger partial charge in [0.1, 0.15) is 5.75 Å². The summed E-state index contributed by atoms with van der Waals surface area (Å²) in [6.45, 7) is 4.10. The third-order valence-electron chi connectivity index (χ3n) is 9.14. The Morgan fingerprint density at radius 3 is 2.56 bits per heavy atom. The molecule has 2 aromatic carbocycles. The van der Waals surface area contributed by atoms with Gasteiger partial charge in [-0.15, -0.1) is 0 Å². The molecule has 2 aliphatic heterocycles. The molecule has 2 aliphatic rings. The minimum Gasteiger partial charge on any atom is -0.496 e. The Bertz CT molecular complexity index is 1900. The molecular formula is C37H39Cl2N5O6. The number of aliphatic hydroxyl groups is 1. The number of fused-ring (bicyclic) bond motifs is 1. The van der Waals surface area contributed by atoms with Gasteiger partial charge in [-0.2, -0.15) is 0 Å². The van der Waals surface area contributed by atoms with Crippen molar-refractivity contribution in [2.24, 2.45) is 0 Å². The summed E-state index contributed by atoms with van der Waals surface area (Å²) in [7, 11) is 3.13. The standard InChI is InChI=1S/C37H39Cl2N5O6/c1-21(45)17-43-14-12-22-15-24(16-31(49-2)29(22)20-43)35-34(39)27(11-13-40-35)26-5-4-6-28(33(26)38)30-9-7-23(36(42-30)50-3)18-44(37(47)48)19-25-8-10-32(46)41-25/h4-7,9,11,13,15-16,21,25,45H,8,10,12,14,17-20H2,1-3H3,(H,41,46)(H,47,48)/t21?,25-/m0/s1. The van der Waals surface area contributed by atoms with Crippen molar-refractivity contribution in [3.8, 4) is 45.3 Å². The molecular weight excluding hydrogens is 681 g/mol. The van der Waals surface area contributed by atoms with Crippen LogP contribution in [0.1, 0.15) is 36.5 Å². The first-order valence-electron chi connectivity index (χ1n) is 16.4. The normalized spacial score (nSPS) is 16.4. The summed E-state index contributed by atoms with van der Waals surface area (Å²) < 4.78 is 11.4. The fraction of sp³-hybridized carbons (Fsp3) is 0.351. The Hall–Kier alpha value is -4.42. The summed E-state index contributed by atoms with van der Waals surface area (Å²) in [5.74, 6) is 0.939. The number of amides is 2. The Balaban J connectivity index is 1.29. The van der Waals surface area contributed by atoms with E-state index >= 15 is 0 Å². The summed E-state index contributed by atoms with van der Waals surface area (Å²) in [6.07, 6.45) is 1.97. The highest BCUT2D eigenvalue weighted by Crippen LogP contribution is 2.43. The van der Waals surface area contributed by atoms with Crippen molar-refractivity contribution in [2.45, 2.75) is 51.4 Å². The van der Waals surface area contributed by atoms with E-state index in [2.05, 4.69) is 21.3 Å². The van der Waals surface area contributed by atoms with E-state index in [-0.39, 0.29) is 30.9 Å². The molecule has 50 heavy (non-hydrogen) atoms. The molecule has 0 aliphatic carbocycles. The number of hydrogen-bond donors (Lipinski definition) is 3. The molecule has 13 heteroatoms. The zero-order valence-corrected chi connectivity index (χ0v) is 29.6. The van der Waals surface area contributed by atoms with Gasteiger partial charge in [0.2, 0.25) is 11.8 Å². The molecule has 262 valence electrons. The van der Waals surface area contributed by atoms with Gasteiger partial charge in [0.05, 0.1) is 48.3 Å². The largest absolute Gasteiger partial charge is 0.496 e. The van der Waals surface area contributed by atoms with Crippen LogP contribution < -0.4 is 14.8 Å². The van der Waals surface area contributed by atoms with Gasteiger partial charge < -0.3 is 29.9 Å². The molecule has 4 aromatic rings. The van der Waals surface area contributed by atoms with Crippen molar-refractivity contribution in [1.82, 2.24) is 25.1 Å². The van der Waals surface area contributed by atoms with Crippen molar-refractivity contribution in [3.63, 3.8) is 0 Å². The number of pyridine rings is 2. The van der Waals surface area contributed by atoms with Crippen LogP contribution in [-0.4, -0.2) is 88.0 Å². The van der Waals surface area contributed by atoms with Gasteiger partial charge in [-0.1, -0.05) is 41.4 Å². The second-order valence-corrected chi connectivity index (χ2v) is 13.4. The van der Waals surface area contributed by atoms with E-state index in [0.29, 0.717) is 69.6 Å². The first kappa shape index (κ1) is 35.4. The van der Waals surface area contributed by atoms with Crippen LogP contribution >= 0.6 is 23.2 Å². The first-order chi connectivity index (χ1) is 24.1. The number of ether oxygens (including phenoxy) is 2. The zero-order valence-electron chi connectivity index (χ0n) is 28.1. The topological polar surface area (TPSA) is 137 Å². The van der Waals surface area contributed by atoms with Crippen molar-refractivity contribution in [3.05, 3.63) is 81.5 Å². The number of hydrogen-bond acceptors (Lipinski definition) is 8. The number of halogens is 2. The fourth-order valence-corrected chi connectivity index (χ4v) is 7.39. The fourth-order valence-electron chi connectivity index (χ4n) is 6.74. The lowest BCUT2D eigenvalue weighted by Gasteiger charge is -2.31. The number of carboxylic acid groups (broad SMARTS) is 1. The molecule has 1 unspecified atom stereocenters. The molecule has 11 nitrogen and oxygen atoms in total. The quantitative estimate of drug-likeness (QED) is 0.163. The molecule has 2 aromatic heterocycles. The molecule has 2 amide bonds. The second-order valence-electron chi connectivity index (χ2n) is 12.7. The van der Waals surface area contributed by atoms with Crippen molar-refractivity contribution in [1.29, 1.82) is 0 Å². The van der Waals surface area contributed by atoms with Gasteiger partial charge in [0, 0.05) is 78.2 Å². The molecule has 4 heterocycles. The van der Waals surface area contributed by atoms with Crippen LogP contribution in [0.15, 0.2) is 54.7 Å². The highest BCUT2D eigenvalue weighted by Gasteiger charge is 2.27. The van der Waals surface area contributed by atoms with E-state index in [1.165, 1.54) is 12.0 Å². The SMILES string of the molecule is COc1cc(-c2nccc(-c3cccc(-c4ccc(CN(C[C@@H]5CCC(=O)N5)C(=O)O)c(OC)n4)c3Cl)c2Cl)cc2c1CN(CC(C)O)CC2. The number of carbonyl (C=O) groups excluding carboxylic acids is 1. The van der Waals surface area contributed by atoms with E-state index in [1.54, 1.807) is 32.4 Å². The number of rotatable bonds is 11. The average molecular weight is 721 g/mol. The number of carbonyl (C=O) groups is 2. The van der Waals surface area contributed by atoms with Gasteiger partial charge in [-0.3, -0.25) is 14.7 Å². The van der Waals surface area contributed by atoms with Crippen LogP contribution in [0.5, 0.6) is 11.6 Å². The number of nitrogens with zero attached hydrogens (tertiary/aromatic N) is 4. The molecule has 1 saturated heterocycles. The summed E-state index contributed by atoms with van der Waals surface area (Å²) in [5.41, 5.74) is 6.83. The third kappa shape index (κ3) is 7.51. The monoisotopic (exact) mass is 719 g/mol. The molecule has 0 bridgehead atoms. The van der Waals surface area contributed by atoms with Crippen LogP contribution in [0.2, 0.25) is 10.0 Å². The van der Waals surface area contributed by atoms with E-state index in [4.69, 9.17) is 37.7 Å². The average Bonchev–Trinajstić information content (AvgIpc) is 3.52. The Morgan fingerprint density at radius 2 is 1.86 bits per heavy atom. The van der Waals surface area contributed by atoms with Crippen LogP contribution in [0, 0.1) is 0 Å². The summed E-state index contributed by atoms with van der Waals surface area (Å²) in [4.78, 5) is 36.5. The number of β-amino-alcohol motifs (C(OH)–C–C–N with tert-alkyl or cyclic N) is 1. The highest BCUT2D eigenvalue weighted by atomic mass is 35.5. The van der Waals surface area contributed by atoms with Gasteiger partial charge in [-0.25, -0.2) is 9.78 Å². The van der Waals surface area contributed by atoms with E-state index in [0.717, 1.165) is 35.4 Å². The minimum absolute atomic E-state index is 0.0366. The predicted octanol–water partition coefficient (Wildman–Crippen LogP) is 6.30. The zero-order chi connectivity index (χ0) is 35.5. The summed E-state index contributed by atoms with van der Waals surface area (Å²) in [5, 5.41) is 23.5.